The maximum absolute atomic E-state index is 5.58. The number of rotatable bonds is 4. The van der Waals surface area contributed by atoms with Crippen LogP contribution in [0.4, 0.5) is 0 Å². The minimum atomic E-state index is 0.439. The van der Waals surface area contributed by atoms with E-state index in [0.717, 1.165) is 26.2 Å². The van der Waals surface area contributed by atoms with E-state index in [4.69, 9.17) is 4.74 Å². The monoisotopic (exact) mass is 235 g/mol. The van der Waals surface area contributed by atoms with Gasteiger partial charge in [0, 0.05) is 37.6 Å². The first-order valence-corrected chi connectivity index (χ1v) is 6.15. The lowest BCUT2D eigenvalue weighted by atomic mass is 10.0. The third-order valence-electron chi connectivity index (χ3n) is 3.42. The van der Waals surface area contributed by atoms with Crippen molar-refractivity contribution in [3.63, 3.8) is 0 Å². The van der Waals surface area contributed by atoms with Crippen molar-refractivity contribution in [3.05, 3.63) is 30.1 Å². The van der Waals surface area contributed by atoms with Crippen LogP contribution in [0.3, 0.4) is 0 Å². The molecule has 0 aliphatic carbocycles. The highest BCUT2D eigenvalue weighted by Gasteiger charge is 2.27. The van der Waals surface area contributed by atoms with E-state index < -0.39 is 0 Å². The maximum Gasteiger partial charge on any atom is 0.0637 e. The Labute approximate surface area is 103 Å². The number of hydrogen-bond donors (Lipinski definition) is 1. The van der Waals surface area contributed by atoms with Crippen LogP contribution in [-0.2, 0) is 11.3 Å². The van der Waals surface area contributed by atoms with Gasteiger partial charge in [0.05, 0.1) is 6.61 Å². The molecule has 2 rings (SSSR count). The van der Waals surface area contributed by atoms with E-state index in [0.29, 0.717) is 12.1 Å². The van der Waals surface area contributed by atoms with Gasteiger partial charge in [0.15, 0.2) is 0 Å². The molecule has 0 spiro atoms. The summed E-state index contributed by atoms with van der Waals surface area (Å²) in [7, 11) is 4.18. The average Bonchev–Trinajstić information content (AvgIpc) is 2.40. The van der Waals surface area contributed by atoms with Crippen LogP contribution in [0.2, 0.25) is 0 Å². The number of aromatic nitrogens is 1. The lowest BCUT2D eigenvalue weighted by molar-refractivity contribution is 0.00520. The first kappa shape index (κ1) is 12.5. The minimum Gasteiger partial charge on any atom is -0.380 e. The first-order valence-electron chi connectivity index (χ1n) is 6.15. The summed E-state index contributed by atoms with van der Waals surface area (Å²) in [6, 6.07) is 5.05. The molecule has 0 radical (unpaired) electrons. The van der Waals surface area contributed by atoms with Crippen molar-refractivity contribution in [2.45, 2.75) is 25.0 Å². The summed E-state index contributed by atoms with van der Waals surface area (Å²) >= 11 is 0. The second kappa shape index (κ2) is 6.10. The van der Waals surface area contributed by atoms with E-state index in [-0.39, 0.29) is 0 Å². The Hall–Kier alpha value is -0.970. The van der Waals surface area contributed by atoms with E-state index in [1.807, 2.05) is 25.5 Å². The van der Waals surface area contributed by atoms with Crippen LogP contribution in [0, 0.1) is 0 Å². The van der Waals surface area contributed by atoms with Crippen LogP contribution in [0.5, 0.6) is 0 Å². The van der Waals surface area contributed by atoms with Gasteiger partial charge in [-0.15, -0.1) is 0 Å². The molecule has 4 heteroatoms. The second-order valence-corrected chi connectivity index (χ2v) is 4.60. The SMILES string of the molecule is CNC1CCOCC1N(C)Cc1cccnc1. The van der Waals surface area contributed by atoms with Crippen LogP contribution in [-0.4, -0.2) is 49.3 Å². The molecular weight excluding hydrogens is 214 g/mol. The number of ether oxygens (including phenoxy) is 1. The number of nitrogens with one attached hydrogen (secondary N) is 1. The van der Waals surface area contributed by atoms with Crippen LogP contribution in [0.1, 0.15) is 12.0 Å². The number of likely N-dealkylation sites (N-methyl/N-ethyl adjacent to an activating group) is 2. The van der Waals surface area contributed by atoms with E-state index in [1.165, 1.54) is 5.56 Å². The van der Waals surface area contributed by atoms with Crippen LogP contribution in [0.25, 0.3) is 0 Å². The molecule has 1 saturated heterocycles. The second-order valence-electron chi connectivity index (χ2n) is 4.60. The van der Waals surface area contributed by atoms with Gasteiger partial charge >= 0.3 is 0 Å². The molecule has 0 amide bonds. The molecule has 1 aliphatic rings. The smallest absolute Gasteiger partial charge is 0.0637 e. The lowest BCUT2D eigenvalue weighted by Gasteiger charge is -2.37. The molecular formula is C13H21N3O. The first-order chi connectivity index (χ1) is 8.31. The molecule has 17 heavy (non-hydrogen) atoms. The molecule has 1 aromatic heterocycles. The highest BCUT2D eigenvalue weighted by Crippen LogP contribution is 2.15. The van der Waals surface area contributed by atoms with Gasteiger partial charge in [-0.2, -0.15) is 0 Å². The van der Waals surface area contributed by atoms with Gasteiger partial charge in [-0.05, 0) is 32.1 Å². The zero-order chi connectivity index (χ0) is 12.1. The molecule has 94 valence electrons. The molecule has 2 heterocycles. The van der Waals surface area contributed by atoms with Crippen molar-refractivity contribution < 1.29 is 4.74 Å². The number of hydrogen-bond acceptors (Lipinski definition) is 4. The largest absolute Gasteiger partial charge is 0.380 e. The quantitative estimate of drug-likeness (QED) is 0.841. The Bertz CT molecular complexity index is 331. The highest BCUT2D eigenvalue weighted by atomic mass is 16.5. The Morgan fingerprint density at radius 2 is 2.47 bits per heavy atom. The molecule has 2 atom stereocenters. The van der Waals surface area contributed by atoms with Crippen LogP contribution in [0.15, 0.2) is 24.5 Å². The Balaban J connectivity index is 1.96. The molecule has 0 aromatic carbocycles. The summed E-state index contributed by atoms with van der Waals surface area (Å²) in [5.74, 6) is 0. The predicted molar refractivity (Wildman–Crippen MR) is 67.8 cm³/mol. The Kier molecular flexibility index (Phi) is 4.48. The average molecular weight is 235 g/mol. The van der Waals surface area contributed by atoms with Gasteiger partial charge < -0.3 is 10.1 Å². The standard InChI is InChI=1S/C13H21N3O/c1-14-12-5-7-17-10-13(12)16(2)9-11-4-3-6-15-8-11/h3-4,6,8,12-14H,5,7,9-10H2,1-2H3. The van der Waals surface area contributed by atoms with E-state index >= 15 is 0 Å². The maximum atomic E-state index is 5.58. The van der Waals surface area contributed by atoms with Crippen molar-refractivity contribution in [1.29, 1.82) is 0 Å². The molecule has 4 nitrogen and oxygen atoms in total. The Morgan fingerprint density at radius 3 is 3.18 bits per heavy atom. The minimum absolute atomic E-state index is 0.439. The highest BCUT2D eigenvalue weighted by molar-refractivity contribution is 5.08. The molecule has 2 unspecified atom stereocenters. The fourth-order valence-corrected chi connectivity index (χ4v) is 2.39. The predicted octanol–water partition coefficient (Wildman–Crippen LogP) is 0.890. The van der Waals surface area contributed by atoms with Crippen molar-refractivity contribution >= 4 is 0 Å². The van der Waals surface area contributed by atoms with Crippen molar-refractivity contribution in [2.75, 3.05) is 27.3 Å². The normalized spacial score (nSPS) is 25.1. The van der Waals surface area contributed by atoms with E-state index in [2.05, 4.69) is 28.3 Å². The van der Waals surface area contributed by atoms with Gasteiger partial charge in [-0.3, -0.25) is 9.88 Å². The Morgan fingerprint density at radius 1 is 1.59 bits per heavy atom. The number of pyridine rings is 1. The van der Waals surface area contributed by atoms with Gasteiger partial charge in [0.1, 0.15) is 0 Å². The van der Waals surface area contributed by atoms with Crippen molar-refractivity contribution in [1.82, 2.24) is 15.2 Å². The lowest BCUT2D eigenvalue weighted by Crippen LogP contribution is -2.53. The van der Waals surface area contributed by atoms with E-state index in [1.54, 1.807) is 0 Å². The molecule has 0 saturated carbocycles. The molecule has 1 aromatic rings. The fourth-order valence-electron chi connectivity index (χ4n) is 2.39. The summed E-state index contributed by atoms with van der Waals surface area (Å²) in [4.78, 5) is 6.49. The zero-order valence-electron chi connectivity index (χ0n) is 10.6. The summed E-state index contributed by atoms with van der Waals surface area (Å²) in [5, 5.41) is 3.38. The summed E-state index contributed by atoms with van der Waals surface area (Å²) in [6.45, 7) is 2.59. The van der Waals surface area contributed by atoms with Gasteiger partial charge in [-0.1, -0.05) is 6.07 Å². The summed E-state index contributed by atoms with van der Waals surface area (Å²) in [5.41, 5.74) is 1.25. The molecule has 1 N–H and O–H groups in total. The van der Waals surface area contributed by atoms with Crippen molar-refractivity contribution in [3.8, 4) is 0 Å². The zero-order valence-corrected chi connectivity index (χ0v) is 10.6. The van der Waals surface area contributed by atoms with Crippen molar-refractivity contribution in [2.24, 2.45) is 0 Å². The summed E-state index contributed by atoms with van der Waals surface area (Å²) < 4.78 is 5.58. The third-order valence-corrected chi connectivity index (χ3v) is 3.42. The van der Waals surface area contributed by atoms with Gasteiger partial charge in [-0.25, -0.2) is 0 Å². The van der Waals surface area contributed by atoms with E-state index in [9.17, 15) is 0 Å². The molecule has 1 fully saturated rings. The van der Waals surface area contributed by atoms with Gasteiger partial charge in [0.25, 0.3) is 0 Å². The third kappa shape index (κ3) is 3.25. The number of nitrogens with zero attached hydrogens (tertiary/aromatic N) is 2. The summed E-state index contributed by atoms with van der Waals surface area (Å²) in [6.07, 6.45) is 4.82. The molecule has 1 aliphatic heterocycles. The van der Waals surface area contributed by atoms with Crippen LogP contribution >= 0.6 is 0 Å². The van der Waals surface area contributed by atoms with Gasteiger partial charge in [0.2, 0.25) is 0 Å². The molecule has 0 bridgehead atoms. The topological polar surface area (TPSA) is 37.4 Å². The fraction of sp³-hybridized carbons (Fsp3) is 0.615. The van der Waals surface area contributed by atoms with Crippen LogP contribution < -0.4 is 5.32 Å².